The maximum atomic E-state index is 12.1. The SMILES string of the molecule is C=CCN1CC(C(=O)NCCc2ncccc2C)CC1=O. The average Bonchev–Trinajstić information content (AvgIpc) is 2.83. The predicted molar refractivity (Wildman–Crippen MR) is 80.6 cm³/mol. The van der Waals surface area contributed by atoms with Crippen molar-refractivity contribution >= 4 is 11.8 Å². The van der Waals surface area contributed by atoms with E-state index in [1.54, 1.807) is 17.2 Å². The lowest BCUT2D eigenvalue weighted by atomic mass is 10.1. The van der Waals surface area contributed by atoms with Crippen LogP contribution < -0.4 is 5.32 Å². The van der Waals surface area contributed by atoms with Gasteiger partial charge in [0.2, 0.25) is 11.8 Å². The third-order valence-electron chi connectivity index (χ3n) is 3.71. The highest BCUT2D eigenvalue weighted by molar-refractivity contribution is 5.89. The van der Waals surface area contributed by atoms with E-state index in [9.17, 15) is 9.59 Å². The van der Waals surface area contributed by atoms with Crippen molar-refractivity contribution in [2.24, 2.45) is 5.92 Å². The van der Waals surface area contributed by atoms with E-state index in [1.165, 1.54) is 0 Å². The third kappa shape index (κ3) is 3.90. The Balaban J connectivity index is 1.79. The van der Waals surface area contributed by atoms with E-state index in [2.05, 4.69) is 16.9 Å². The highest BCUT2D eigenvalue weighted by Gasteiger charge is 2.33. The number of carbonyl (C=O) groups is 2. The van der Waals surface area contributed by atoms with E-state index in [-0.39, 0.29) is 17.7 Å². The molecule has 2 heterocycles. The van der Waals surface area contributed by atoms with Crippen molar-refractivity contribution < 1.29 is 9.59 Å². The molecular formula is C16H21N3O2. The number of rotatable bonds is 6. The standard InChI is InChI=1S/C16H21N3O2/c1-3-9-19-11-13(10-15(19)20)16(21)18-8-6-14-12(2)5-4-7-17-14/h3-5,7,13H,1,6,8-11H2,2H3,(H,18,21). The van der Waals surface area contributed by atoms with Gasteiger partial charge in [0, 0.05) is 44.4 Å². The molecule has 0 saturated carbocycles. The Hall–Kier alpha value is -2.17. The number of hydrogen-bond acceptors (Lipinski definition) is 3. The lowest BCUT2D eigenvalue weighted by Gasteiger charge is -2.14. The normalized spacial score (nSPS) is 17.9. The van der Waals surface area contributed by atoms with Crippen LogP contribution in [-0.2, 0) is 16.0 Å². The van der Waals surface area contributed by atoms with Crippen LogP contribution in [0, 0.1) is 12.8 Å². The summed E-state index contributed by atoms with van der Waals surface area (Å²) >= 11 is 0. The molecule has 112 valence electrons. The van der Waals surface area contributed by atoms with E-state index >= 15 is 0 Å². The molecule has 0 radical (unpaired) electrons. The van der Waals surface area contributed by atoms with E-state index in [1.807, 2.05) is 19.1 Å². The summed E-state index contributed by atoms with van der Waals surface area (Å²) in [5.74, 6) is -0.276. The first-order valence-corrected chi connectivity index (χ1v) is 7.18. The zero-order valence-electron chi connectivity index (χ0n) is 12.3. The van der Waals surface area contributed by atoms with Gasteiger partial charge in [-0.15, -0.1) is 6.58 Å². The molecule has 1 aromatic heterocycles. The molecule has 1 N–H and O–H groups in total. The molecule has 1 aliphatic rings. The quantitative estimate of drug-likeness (QED) is 0.797. The molecule has 2 amide bonds. The minimum Gasteiger partial charge on any atom is -0.355 e. The van der Waals surface area contributed by atoms with Gasteiger partial charge in [-0.3, -0.25) is 14.6 Å². The molecule has 2 rings (SSSR count). The lowest BCUT2D eigenvalue weighted by molar-refractivity contribution is -0.128. The number of amides is 2. The Bertz CT molecular complexity index is 542. The number of hydrogen-bond donors (Lipinski definition) is 1. The van der Waals surface area contributed by atoms with Crippen LogP contribution in [0.4, 0.5) is 0 Å². The second-order valence-electron chi connectivity index (χ2n) is 5.30. The highest BCUT2D eigenvalue weighted by atomic mass is 16.2. The molecule has 1 saturated heterocycles. The number of nitrogens with one attached hydrogen (secondary N) is 1. The third-order valence-corrected chi connectivity index (χ3v) is 3.71. The molecule has 1 aromatic rings. The fourth-order valence-corrected chi connectivity index (χ4v) is 2.51. The van der Waals surface area contributed by atoms with Crippen LogP contribution in [0.25, 0.3) is 0 Å². The largest absolute Gasteiger partial charge is 0.355 e. The fraction of sp³-hybridized carbons (Fsp3) is 0.438. The summed E-state index contributed by atoms with van der Waals surface area (Å²) in [6.07, 6.45) is 4.44. The summed E-state index contributed by atoms with van der Waals surface area (Å²) < 4.78 is 0. The number of aromatic nitrogens is 1. The maximum absolute atomic E-state index is 12.1. The Labute approximate surface area is 125 Å². The van der Waals surface area contributed by atoms with Gasteiger partial charge < -0.3 is 10.2 Å². The zero-order valence-corrected chi connectivity index (χ0v) is 12.3. The van der Waals surface area contributed by atoms with E-state index in [4.69, 9.17) is 0 Å². The molecule has 0 bridgehead atoms. The van der Waals surface area contributed by atoms with Crippen molar-refractivity contribution in [3.63, 3.8) is 0 Å². The summed E-state index contributed by atoms with van der Waals surface area (Å²) in [5, 5.41) is 2.90. The lowest BCUT2D eigenvalue weighted by Crippen LogP contribution is -2.34. The second-order valence-corrected chi connectivity index (χ2v) is 5.30. The smallest absolute Gasteiger partial charge is 0.225 e. The molecule has 1 aliphatic heterocycles. The molecule has 5 nitrogen and oxygen atoms in total. The van der Waals surface area contributed by atoms with Gasteiger partial charge >= 0.3 is 0 Å². The number of nitrogens with zero attached hydrogens (tertiary/aromatic N) is 2. The minimum atomic E-state index is -0.248. The van der Waals surface area contributed by atoms with Crippen LogP contribution in [0.3, 0.4) is 0 Å². The predicted octanol–water partition coefficient (Wildman–Crippen LogP) is 1.08. The van der Waals surface area contributed by atoms with Crippen LogP contribution in [0.5, 0.6) is 0 Å². The molecule has 1 atom stereocenters. The number of likely N-dealkylation sites (tertiary alicyclic amines) is 1. The highest BCUT2D eigenvalue weighted by Crippen LogP contribution is 2.17. The van der Waals surface area contributed by atoms with Gasteiger partial charge in [0.05, 0.1) is 5.92 Å². The molecule has 21 heavy (non-hydrogen) atoms. The molecule has 0 aromatic carbocycles. The number of carbonyl (C=O) groups excluding carboxylic acids is 2. The van der Waals surface area contributed by atoms with Gasteiger partial charge in [0.1, 0.15) is 0 Å². The number of aryl methyl sites for hydroxylation is 1. The number of pyridine rings is 1. The molecule has 5 heteroatoms. The molecule has 1 unspecified atom stereocenters. The molecule has 1 fully saturated rings. The Morgan fingerprint density at radius 1 is 1.62 bits per heavy atom. The minimum absolute atomic E-state index is 0.0237. The monoisotopic (exact) mass is 287 g/mol. The molecule has 0 spiro atoms. The van der Waals surface area contributed by atoms with E-state index < -0.39 is 0 Å². The summed E-state index contributed by atoms with van der Waals surface area (Å²) in [4.78, 5) is 29.7. The Kier molecular flexibility index (Phi) is 5.09. The van der Waals surface area contributed by atoms with E-state index in [0.717, 1.165) is 11.3 Å². The van der Waals surface area contributed by atoms with Gasteiger partial charge in [-0.25, -0.2) is 0 Å². The first kappa shape index (κ1) is 15.2. The fourth-order valence-electron chi connectivity index (χ4n) is 2.51. The van der Waals surface area contributed by atoms with Gasteiger partial charge in [-0.1, -0.05) is 12.1 Å². The Morgan fingerprint density at radius 3 is 3.14 bits per heavy atom. The van der Waals surface area contributed by atoms with Crippen LogP contribution in [0.1, 0.15) is 17.7 Å². The van der Waals surface area contributed by atoms with Crippen molar-refractivity contribution in [3.05, 3.63) is 42.2 Å². The van der Waals surface area contributed by atoms with Crippen molar-refractivity contribution in [1.29, 1.82) is 0 Å². The summed E-state index contributed by atoms with van der Waals surface area (Å²) in [5.41, 5.74) is 2.12. The average molecular weight is 287 g/mol. The van der Waals surface area contributed by atoms with Gasteiger partial charge in [0.25, 0.3) is 0 Å². The first-order chi connectivity index (χ1) is 10.1. The van der Waals surface area contributed by atoms with Crippen LogP contribution >= 0.6 is 0 Å². The summed E-state index contributed by atoms with van der Waals surface area (Å²) in [6, 6.07) is 3.91. The summed E-state index contributed by atoms with van der Waals surface area (Å²) in [7, 11) is 0. The topological polar surface area (TPSA) is 62.3 Å². The first-order valence-electron chi connectivity index (χ1n) is 7.18. The van der Waals surface area contributed by atoms with Gasteiger partial charge in [-0.2, -0.15) is 0 Å². The van der Waals surface area contributed by atoms with Crippen molar-refractivity contribution in [1.82, 2.24) is 15.2 Å². The van der Waals surface area contributed by atoms with Crippen molar-refractivity contribution in [2.75, 3.05) is 19.6 Å². The second kappa shape index (κ2) is 7.02. The van der Waals surface area contributed by atoms with Crippen LogP contribution in [0.15, 0.2) is 31.0 Å². The molecular weight excluding hydrogens is 266 g/mol. The van der Waals surface area contributed by atoms with E-state index in [0.29, 0.717) is 32.5 Å². The van der Waals surface area contributed by atoms with Crippen LogP contribution in [0.2, 0.25) is 0 Å². The van der Waals surface area contributed by atoms with Gasteiger partial charge in [-0.05, 0) is 18.6 Å². The Morgan fingerprint density at radius 2 is 2.43 bits per heavy atom. The molecule has 0 aliphatic carbocycles. The summed E-state index contributed by atoms with van der Waals surface area (Å²) in [6.45, 7) is 7.16. The van der Waals surface area contributed by atoms with Gasteiger partial charge in [0.15, 0.2) is 0 Å². The zero-order chi connectivity index (χ0) is 15.2. The van der Waals surface area contributed by atoms with Crippen molar-refractivity contribution in [3.8, 4) is 0 Å². The van der Waals surface area contributed by atoms with Crippen molar-refractivity contribution in [2.45, 2.75) is 19.8 Å². The maximum Gasteiger partial charge on any atom is 0.225 e. The van der Waals surface area contributed by atoms with Crippen LogP contribution in [-0.4, -0.2) is 41.3 Å².